The normalized spacial score (nSPS) is 17.1. The molecule has 1 N–H and O–H groups in total. The summed E-state index contributed by atoms with van der Waals surface area (Å²) in [7, 11) is 0. The summed E-state index contributed by atoms with van der Waals surface area (Å²) in [6.07, 6.45) is 2.63. The zero-order valence-corrected chi connectivity index (χ0v) is 11.6. The first kappa shape index (κ1) is 13.8. The van der Waals surface area contributed by atoms with E-state index in [1.54, 1.807) is 6.20 Å². The maximum Gasteiger partial charge on any atom is 0.228 e. The van der Waals surface area contributed by atoms with E-state index in [-0.39, 0.29) is 11.8 Å². The predicted octanol–water partition coefficient (Wildman–Crippen LogP) is 1.90. The molecule has 1 amide bonds. The highest BCUT2D eigenvalue weighted by Crippen LogP contribution is 2.17. The highest BCUT2D eigenvalue weighted by Gasteiger charge is 2.13. The van der Waals surface area contributed by atoms with Gasteiger partial charge in [0.05, 0.1) is 25.1 Å². The van der Waals surface area contributed by atoms with E-state index in [1.165, 1.54) is 0 Å². The Morgan fingerprint density at radius 1 is 1.47 bits per heavy atom. The van der Waals surface area contributed by atoms with Crippen LogP contribution >= 0.6 is 0 Å². The number of ether oxygens (including phenoxy) is 1. The van der Waals surface area contributed by atoms with Gasteiger partial charge < -0.3 is 15.0 Å². The number of anilines is 2. The zero-order valence-electron chi connectivity index (χ0n) is 11.6. The molecule has 2 rings (SSSR count). The lowest BCUT2D eigenvalue weighted by atomic mass is 10.1. The highest BCUT2D eigenvalue weighted by molar-refractivity contribution is 5.91. The molecule has 1 aromatic heterocycles. The molecule has 5 nitrogen and oxygen atoms in total. The molecule has 0 radical (unpaired) electrons. The highest BCUT2D eigenvalue weighted by atomic mass is 16.5. The number of pyridine rings is 1. The van der Waals surface area contributed by atoms with Crippen molar-refractivity contribution >= 4 is 17.4 Å². The first-order valence-electron chi connectivity index (χ1n) is 6.80. The SMILES string of the molecule is CC[C@H](C)C(=O)Nc1ccc(N2CCOCC2)cn1. The van der Waals surface area contributed by atoms with Gasteiger partial charge in [-0.15, -0.1) is 0 Å². The Kier molecular flexibility index (Phi) is 4.74. The van der Waals surface area contributed by atoms with Crippen LogP contribution in [-0.4, -0.2) is 37.2 Å². The van der Waals surface area contributed by atoms with Crippen molar-refractivity contribution in [2.24, 2.45) is 5.92 Å². The van der Waals surface area contributed by atoms with Crippen LogP contribution in [0.2, 0.25) is 0 Å². The van der Waals surface area contributed by atoms with E-state index in [4.69, 9.17) is 4.74 Å². The van der Waals surface area contributed by atoms with Crippen molar-refractivity contribution in [1.29, 1.82) is 0 Å². The molecule has 0 spiro atoms. The fourth-order valence-corrected chi connectivity index (χ4v) is 1.90. The monoisotopic (exact) mass is 263 g/mol. The van der Waals surface area contributed by atoms with Crippen LogP contribution in [0.15, 0.2) is 18.3 Å². The smallest absolute Gasteiger partial charge is 0.228 e. The van der Waals surface area contributed by atoms with Crippen LogP contribution in [0.4, 0.5) is 11.5 Å². The van der Waals surface area contributed by atoms with Crippen LogP contribution in [0.25, 0.3) is 0 Å². The van der Waals surface area contributed by atoms with Gasteiger partial charge in [0.25, 0.3) is 0 Å². The average molecular weight is 263 g/mol. The number of nitrogens with zero attached hydrogens (tertiary/aromatic N) is 2. The molecule has 5 heteroatoms. The Hall–Kier alpha value is -1.62. The van der Waals surface area contributed by atoms with E-state index in [0.717, 1.165) is 38.4 Å². The summed E-state index contributed by atoms with van der Waals surface area (Å²) in [6.45, 7) is 7.20. The topological polar surface area (TPSA) is 54.5 Å². The summed E-state index contributed by atoms with van der Waals surface area (Å²) in [4.78, 5) is 18.3. The van der Waals surface area contributed by atoms with Gasteiger partial charge in [-0.25, -0.2) is 4.98 Å². The van der Waals surface area contributed by atoms with Gasteiger partial charge in [-0.2, -0.15) is 0 Å². The van der Waals surface area contributed by atoms with Crippen molar-refractivity contribution in [2.75, 3.05) is 36.5 Å². The summed E-state index contributed by atoms with van der Waals surface area (Å²) >= 11 is 0. The number of nitrogens with one attached hydrogen (secondary N) is 1. The third-order valence-electron chi connectivity index (χ3n) is 3.44. The lowest BCUT2D eigenvalue weighted by Gasteiger charge is -2.28. The van der Waals surface area contributed by atoms with Crippen molar-refractivity contribution in [3.8, 4) is 0 Å². The van der Waals surface area contributed by atoms with Gasteiger partial charge in [-0.05, 0) is 18.6 Å². The maximum atomic E-state index is 11.8. The summed E-state index contributed by atoms with van der Waals surface area (Å²) < 4.78 is 5.32. The number of hydrogen-bond donors (Lipinski definition) is 1. The van der Waals surface area contributed by atoms with Gasteiger partial charge >= 0.3 is 0 Å². The minimum atomic E-state index is 0.0146. The largest absolute Gasteiger partial charge is 0.378 e. The Labute approximate surface area is 114 Å². The first-order chi connectivity index (χ1) is 9.20. The summed E-state index contributed by atoms with van der Waals surface area (Å²) in [5, 5.41) is 2.83. The van der Waals surface area contributed by atoms with Crippen molar-refractivity contribution in [2.45, 2.75) is 20.3 Å². The number of carbonyl (C=O) groups excluding carboxylic acids is 1. The molecule has 1 aliphatic rings. The third kappa shape index (κ3) is 3.67. The summed E-state index contributed by atoms with van der Waals surface area (Å²) in [5.41, 5.74) is 1.07. The molecular weight excluding hydrogens is 242 g/mol. The number of carbonyl (C=O) groups is 1. The first-order valence-corrected chi connectivity index (χ1v) is 6.80. The molecule has 0 aromatic carbocycles. The molecule has 0 saturated carbocycles. The van der Waals surface area contributed by atoms with Gasteiger partial charge in [-0.1, -0.05) is 13.8 Å². The van der Waals surface area contributed by atoms with Crippen LogP contribution in [-0.2, 0) is 9.53 Å². The molecule has 1 aliphatic heterocycles. The number of amides is 1. The van der Waals surface area contributed by atoms with Crippen LogP contribution < -0.4 is 10.2 Å². The second-order valence-corrected chi connectivity index (χ2v) is 4.80. The Morgan fingerprint density at radius 2 is 2.21 bits per heavy atom. The predicted molar refractivity (Wildman–Crippen MR) is 75.4 cm³/mol. The molecule has 0 bridgehead atoms. The van der Waals surface area contributed by atoms with Crippen molar-refractivity contribution in [3.05, 3.63) is 18.3 Å². The standard InChI is InChI=1S/C14H21N3O2/c1-3-11(2)14(18)16-13-5-4-12(10-15-13)17-6-8-19-9-7-17/h4-5,10-11H,3,6-9H2,1-2H3,(H,15,16,18)/t11-/m0/s1. The molecule has 0 aliphatic carbocycles. The Balaban J connectivity index is 1.96. The van der Waals surface area contributed by atoms with E-state index in [9.17, 15) is 4.79 Å². The van der Waals surface area contributed by atoms with Crippen LogP contribution in [0.5, 0.6) is 0 Å². The molecule has 104 valence electrons. The fraction of sp³-hybridized carbons (Fsp3) is 0.571. The fourth-order valence-electron chi connectivity index (χ4n) is 1.90. The lowest BCUT2D eigenvalue weighted by molar-refractivity contribution is -0.119. The molecule has 1 atom stereocenters. The zero-order chi connectivity index (χ0) is 13.7. The van der Waals surface area contributed by atoms with Crippen LogP contribution in [0, 0.1) is 5.92 Å². The summed E-state index contributed by atoms with van der Waals surface area (Å²) in [6, 6.07) is 3.84. The van der Waals surface area contributed by atoms with Crippen molar-refractivity contribution in [3.63, 3.8) is 0 Å². The molecule has 1 fully saturated rings. The maximum absolute atomic E-state index is 11.8. The van der Waals surface area contributed by atoms with Crippen LogP contribution in [0.1, 0.15) is 20.3 Å². The second kappa shape index (κ2) is 6.52. The number of rotatable bonds is 4. The molecule has 1 saturated heterocycles. The molecule has 1 aromatic rings. The lowest BCUT2D eigenvalue weighted by Crippen LogP contribution is -2.36. The van der Waals surface area contributed by atoms with Gasteiger partial charge in [0.1, 0.15) is 5.82 Å². The average Bonchev–Trinajstić information content (AvgIpc) is 2.48. The quantitative estimate of drug-likeness (QED) is 0.901. The van der Waals surface area contributed by atoms with E-state index < -0.39 is 0 Å². The molecular formula is C14H21N3O2. The van der Waals surface area contributed by atoms with Crippen molar-refractivity contribution in [1.82, 2.24) is 4.98 Å². The third-order valence-corrected chi connectivity index (χ3v) is 3.44. The second-order valence-electron chi connectivity index (χ2n) is 4.80. The Bertz CT molecular complexity index is 413. The minimum absolute atomic E-state index is 0.0146. The Morgan fingerprint density at radius 3 is 2.79 bits per heavy atom. The van der Waals surface area contributed by atoms with Gasteiger partial charge in [0.2, 0.25) is 5.91 Å². The number of aromatic nitrogens is 1. The number of hydrogen-bond acceptors (Lipinski definition) is 4. The molecule has 19 heavy (non-hydrogen) atoms. The van der Waals surface area contributed by atoms with Crippen LogP contribution in [0.3, 0.4) is 0 Å². The van der Waals surface area contributed by atoms with E-state index in [2.05, 4.69) is 15.2 Å². The minimum Gasteiger partial charge on any atom is -0.378 e. The molecule has 2 heterocycles. The van der Waals surface area contributed by atoms with E-state index in [1.807, 2.05) is 26.0 Å². The number of morpholine rings is 1. The summed E-state index contributed by atoms with van der Waals surface area (Å²) in [5.74, 6) is 0.650. The van der Waals surface area contributed by atoms with E-state index in [0.29, 0.717) is 5.82 Å². The van der Waals surface area contributed by atoms with E-state index >= 15 is 0 Å². The van der Waals surface area contributed by atoms with Gasteiger partial charge in [0.15, 0.2) is 0 Å². The van der Waals surface area contributed by atoms with Crippen molar-refractivity contribution < 1.29 is 9.53 Å². The molecule has 0 unspecified atom stereocenters. The van der Waals surface area contributed by atoms with Gasteiger partial charge in [0, 0.05) is 19.0 Å². The van der Waals surface area contributed by atoms with Gasteiger partial charge in [-0.3, -0.25) is 4.79 Å².